The van der Waals surface area contributed by atoms with Gasteiger partial charge in [-0.15, -0.1) is 0 Å². The van der Waals surface area contributed by atoms with Gasteiger partial charge in [0, 0.05) is 33.2 Å². The van der Waals surface area contributed by atoms with E-state index in [1.807, 2.05) is 0 Å². The summed E-state index contributed by atoms with van der Waals surface area (Å²) < 4.78 is 2.36. The Kier molecular flexibility index (Phi) is 7.82. The summed E-state index contributed by atoms with van der Waals surface area (Å²) in [4.78, 5) is 10.3. The molecule has 0 spiro atoms. The number of aromatic nitrogens is 3. The van der Waals surface area contributed by atoms with Crippen LogP contribution in [0.25, 0.3) is 105 Å². The van der Waals surface area contributed by atoms with Crippen LogP contribution in [0.3, 0.4) is 0 Å². The van der Waals surface area contributed by atoms with Crippen molar-refractivity contribution in [3.63, 3.8) is 0 Å². The lowest BCUT2D eigenvalue weighted by molar-refractivity contribution is 1.18. The van der Waals surface area contributed by atoms with Crippen LogP contribution in [0.1, 0.15) is 0 Å². The van der Waals surface area contributed by atoms with E-state index in [2.05, 4.69) is 217 Å². The van der Waals surface area contributed by atoms with E-state index in [0.29, 0.717) is 5.82 Å². The van der Waals surface area contributed by atoms with Crippen LogP contribution >= 0.6 is 0 Å². The monoisotopic (exact) mass is 725 g/mol. The van der Waals surface area contributed by atoms with Crippen molar-refractivity contribution in [3.05, 3.63) is 212 Å². The molecule has 0 radical (unpaired) electrons. The van der Waals surface area contributed by atoms with E-state index in [-0.39, 0.29) is 0 Å². The molecule has 0 aliphatic carbocycles. The molecule has 0 aliphatic heterocycles. The normalized spacial score (nSPS) is 11.5. The molecule has 57 heavy (non-hydrogen) atoms. The largest absolute Gasteiger partial charge is 0.309 e. The second kappa shape index (κ2) is 13.6. The second-order valence-corrected chi connectivity index (χ2v) is 14.7. The van der Waals surface area contributed by atoms with Crippen LogP contribution in [0.2, 0.25) is 0 Å². The number of benzene rings is 9. The van der Waals surface area contributed by atoms with Gasteiger partial charge in [-0.05, 0) is 92.3 Å². The van der Waals surface area contributed by atoms with Crippen LogP contribution in [-0.4, -0.2) is 14.5 Å². The lowest BCUT2D eigenvalue weighted by atomic mass is 9.97. The van der Waals surface area contributed by atoms with E-state index in [9.17, 15) is 0 Å². The van der Waals surface area contributed by atoms with Crippen LogP contribution in [0.15, 0.2) is 212 Å². The van der Waals surface area contributed by atoms with Crippen molar-refractivity contribution in [1.82, 2.24) is 14.5 Å². The average molecular weight is 726 g/mol. The van der Waals surface area contributed by atoms with Gasteiger partial charge in [0.25, 0.3) is 0 Å². The molecule has 0 aliphatic rings. The van der Waals surface area contributed by atoms with Gasteiger partial charge in [-0.3, -0.25) is 0 Å². The van der Waals surface area contributed by atoms with Crippen molar-refractivity contribution < 1.29 is 0 Å². The number of rotatable bonds is 6. The quantitative estimate of drug-likeness (QED) is 0.171. The van der Waals surface area contributed by atoms with E-state index in [4.69, 9.17) is 9.97 Å². The molecule has 0 saturated heterocycles. The molecule has 266 valence electrons. The highest BCUT2D eigenvalue weighted by atomic mass is 15.0. The molecule has 0 amide bonds. The Morgan fingerprint density at radius 1 is 0.281 bits per heavy atom. The summed E-state index contributed by atoms with van der Waals surface area (Å²) in [6, 6.07) is 75.8. The average Bonchev–Trinajstić information content (AvgIpc) is 3.63. The van der Waals surface area contributed by atoms with Gasteiger partial charge in [0.05, 0.1) is 22.4 Å². The Morgan fingerprint density at radius 2 is 0.737 bits per heavy atom. The van der Waals surface area contributed by atoms with Gasteiger partial charge in [0.15, 0.2) is 5.82 Å². The lowest BCUT2D eigenvalue weighted by Gasteiger charge is -2.12. The van der Waals surface area contributed by atoms with Crippen molar-refractivity contribution in [2.45, 2.75) is 0 Å². The third-order valence-electron chi connectivity index (χ3n) is 11.2. The van der Waals surface area contributed by atoms with E-state index in [1.165, 1.54) is 60.0 Å². The molecule has 11 aromatic rings. The first-order valence-electron chi connectivity index (χ1n) is 19.4. The van der Waals surface area contributed by atoms with Crippen LogP contribution in [-0.2, 0) is 0 Å². The highest BCUT2D eigenvalue weighted by Crippen LogP contribution is 2.35. The Labute approximate surface area is 330 Å². The van der Waals surface area contributed by atoms with Gasteiger partial charge >= 0.3 is 0 Å². The maximum Gasteiger partial charge on any atom is 0.160 e. The molecule has 0 bridgehead atoms. The summed E-state index contributed by atoms with van der Waals surface area (Å²) in [6.45, 7) is 0. The molecular weight excluding hydrogens is 691 g/mol. The summed E-state index contributed by atoms with van der Waals surface area (Å²) in [5, 5.41) is 7.30. The minimum atomic E-state index is 0.711. The predicted octanol–water partition coefficient (Wildman–Crippen LogP) is 14.2. The Hall–Kier alpha value is -7.62. The van der Waals surface area contributed by atoms with Gasteiger partial charge in [-0.1, -0.05) is 164 Å². The van der Waals surface area contributed by atoms with Gasteiger partial charge in [-0.2, -0.15) is 0 Å². The fourth-order valence-electron chi connectivity index (χ4n) is 8.26. The minimum Gasteiger partial charge on any atom is -0.309 e. The van der Waals surface area contributed by atoms with Crippen molar-refractivity contribution in [2.24, 2.45) is 0 Å². The Morgan fingerprint density at radius 3 is 1.35 bits per heavy atom. The standard InChI is InChI=1S/C54H35N3/c1-3-12-41-33-45(26-22-36(41)10-1)51-35-50(55-54(56-51)46-27-23-37-11-2-4-13-42(37)34-46)40-24-20-38(21-25-40)43-14-9-15-44(32-43)39-28-30-47(31-29-39)57-52-18-7-5-16-48(52)49-17-6-8-19-53(49)57/h1-35H. The lowest BCUT2D eigenvalue weighted by Crippen LogP contribution is -1.96. The van der Waals surface area contributed by atoms with E-state index in [0.717, 1.165) is 39.3 Å². The Balaban J connectivity index is 0.931. The molecule has 0 atom stereocenters. The van der Waals surface area contributed by atoms with Crippen LogP contribution in [0, 0.1) is 0 Å². The molecule has 0 fully saturated rings. The molecule has 0 N–H and O–H groups in total. The zero-order valence-electron chi connectivity index (χ0n) is 31.0. The minimum absolute atomic E-state index is 0.711. The fourth-order valence-corrected chi connectivity index (χ4v) is 8.26. The van der Waals surface area contributed by atoms with Gasteiger partial charge < -0.3 is 4.57 Å². The molecule has 0 unspecified atom stereocenters. The molecular formula is C54H35N3. The topological polar surface area (TPSA) is 30.7 Å². The summed E-state index contributed by atoms with van der Waals surface area (Å²) >= 11 is 0. The van der Waals surface area contributed by atoms with E-state index >= 15 is 0 Å². The third kappa shape index (κ3) is 5.94. The van der Waals surface area contributed by atoms with Gasteiger partial charge in [0.2, 0.25) is 0 Å². The smallest absolute Gasteiger partial charge is 0.160 e. The van der Waals surface area contributed by atoms with Crippen molar-refractivity contribution >= 4 is 43.4 Å². The highest BCUT2D eigenvalue weighted by Gasteiger charge is 2.14. The summed E-state index contributed by atoms with van der Waals surface area (Å²) in [5.74, 6) is 0.711. The molecule has 3 nitrogen and oxygen atoms in total. The Bertz CT molecular complexity index is 3130. The van der Waals surface area contributed by atoms with Gasteiger partial charge in [0.1, 0.15) is 0 Å². The first kappa shape index (κ1) is 32.8. The number of para-hydroxylation sites is 2. The molecule has 11 rings (SSSR count). The summed E-state index contributed by atoms with van der Waals surface area (Å²) in [5.41, 5.74) is 13.2. The first-order valence-corrected chi connectivity index (χ1v) is 19.4. The molecule has 2 heterocycles. The van der Waals surface area contributed by atoms with Crippen LogP contribution in [0.4, 0.5) is 0 Å². The maximum absolute atomic E-state index is 5.17. The number of hydrogen-bond acceptors (Lipinski definition) is 2. The number of nitrogens with zero attached hydrogens (tertiary/aromatic N) is 3. The number of fused-ring (bicyclic) bond motifs is 5. The SMILES string of the molecule is c1cc(-c2ccc(-c3cc(-c4ccc5ccccc5c4)nc(-c4ccc5ccccc5c4)n3)cc2)cc(-c2ccc(-n3c4ccccc4c4ccccc43)cc2)c1. The maximum atomic E-state index is 5.17. The van der Waals surface area contributed by atoms with Crippen molar-refractivity contribution in [1.29, 1.82) is 0 Å². The summed E-state index contributed by atoms with van der Waals surface area (Å²) in [6.07, 6.45) is 0. The van der Waals surface area contributed by atoms with Crippen LogP contribution in [0.5, 0.6) is 0 Å². The van der Waals surface area contributed by atoms with Gasteiger partial charge in [-0.25, -0.2) is 9.97 Å². The third-order valence-corrected chi connectivity index (χ3v) is 11.2. The first-order chi connectivity index (χ1) is 28.2. The zero-order chi connectivity index (χ0) is 37.7. The van der Waals surface area contributed by atoms with Crippen molar-refractivity contribution in [2.75, 3.05) is 0 Å². The van der Waals surface area contributed by atoms with E-state index in [1.54, 1.807) is 0 Å². The highest BCUT2D eigenvalue weighted by molar-refractivity contribution is 6.09. The zero-order valence-corrected chi connectivity index (χ0v) is 31.0. The predicted molar refractivity (Wildman–Crippen MR) is 239 cm³/mol. The molecule has 3 heteroatoms. The van der Waals surface area contributed by atoms with E-state index < -0.39 is 0 Å². The molecule has 9 aromatic carbocycles. The molecule has 0 saturated carbocycles. The number of hydrogen-bond donors (Lipinski definition) is 0. The van der Waals surface area contributed by atoms with Crippen molar-refractivity contribution in [3.8, 4) is 61.8 Å². The van der Waals surface area contributed by atoms with Crippen LogP contribution < -0.4 is 0 Å². The molecule has 2 aromatic heterocycles. The summed E-state index contributed by atoms with van der Waals surface area (Å²) in [7, 11) is 0. The second-order valence-electron chi connectivity index (χ2n) is 14.7. The fraction of sp³-hybridized carbons (Fsp3) is 0.